The lowest BCUT2D eigenvalue weighted by atomic mass is 10.0. The normalized spacial score (nSPS) is 37.7. The molecule has 2 rings (SSSR count). The van der Waals surface area contributed by atoms with Crippen LogP contribution in [0.5, 0.6) is 0 Å². The van der Waals surface area contributed by atoms with Crippen molar-refractivity contribution in [3.63, 3.8) is 0 Å². The van der Waals surface area contributed by atoms with Crippen LogP contribution in [0, 0.1) is 5.41 Å². The second-order valence-corrected chi connectivity index (χ2v) is 3.55. The Bertz CT molecular complexity index is 116. The summed E-state index contributed by atoms with van der Waals surface area (Å²) in [4.78, 5) is 0. The zero-order valence-corrected chi connectivity index (χ0v) is 6.02. The molecule has 0 bridgehead atoms. The Hall–Kier alpha value is -0.0400. The van der Waals surface area contributed by atoms with Crippen molar-refractivity contribution in [2.45, 2.75) is 38.7 Å². The average Bonchev–Trinajstić information content (AvgIpc) is 2.44. The minimum Gasteiger partial charge on any atom is -0.378 e. The van der Waals surface area contributed by atoms with Crippen molar-refractivity contribution in [2.24, 2.45) is 5.41 Å². The Balaban J connectivity index is 1.93. The van der Waals surface area contributed by atoms with E-state index >= 15 is 0 Å². The van der Waals surface area contributed by atoms with Gasteiger partial charge in [0, 0.05) is 0 Å². The quantitative estimate of drug-likeness (QED) is 0.522. The Kier molecular flexibility index (Phi) is 1.10. The van der Waals surface area contributed by atoms with Crippen LogP contribution in [0.3, 0.4) is 0 Å². The molecule has 1 unspecified atom stereocenters. The van der Waals surface area contributed by atoms with Crippen LogP contribution in [0.15, 0.2) is 0 Å². The molecule has 1 nitrogen and oxygen atoms in total. The first-order valence-electron chi connectivity index (χ1n) is 3.96. The van der Waals surface area contributed by atoms with Crippen LogP contribution in [0.2, 0.25) is 0 Å². The van der Waals surface area contributed by atoms with Crippen molar-refractivity contribution in [3.8, 4) is 0 Å². The van der Waals surface area contributed by atoms with E-state index in [9.17, 15) is 0 Å². The SMILES string of the molecule is CCC1CC2(CC2)CO1. The van der Waals surface area contributed by atoms with Gasteiger partial charge in [-0.15, -0.1) is 0 Å². The van der Waals surface area contributed by atoms with Gasteiger partial charge < -0.3 is 4.74 Å². The molecule has 9 heavy (non-hydrogen) atoms. The maximum atomic E-state index is 5.58. The van der Waals surface area contributed by atoms with Crippen LogP contribution in [0.4, 0.5) is 0 Å². The zero-order valence-electron chi connectivity index (χ0n) is 6.02. The second kappa shape index (κ2) is 1.72. The predicted molar refractivity (Wildman–Crippen MR) is 36.3 cm³/mol. The lowest BCUT2D eigenvalue weighted by Crippen LogP contribution is -2.01. The molecule has 1 saturated carbocycles. The third-order valence-electron chi connectivity index (χ3n) is 2.70. The van der Waals surface area contributed by atoms with Gasteiger partial charge in [-0.05, 0) is 31.1 Å². The van der Waals surface area contributed by atoms with E-state index in [0.717, 1.165) is 6.61 Å². The average molecular weight is 126 g/mol. The molecule has 1 atom stereocenters. The summed E-state index contributed by atoms with van der Waals surface area (Å²) in [5.41, 5.74) is 0.695. The van der Waals surface area contributed by atoms with Crippen LogP contribution < -0.4 is 0 Å². The van der Waals surface area contributed by atoms with Crippen molar-refractivity contribution in [3.05, 3.63) is 0 Å². The summed E-state index contributed by atoms with van der Waals surface area (Å²) in [6, 6.07) is 0. The van der Waals surface area contributed by atoms with Crippen molar-refractivity contribution in [2.75, 3.05) is 6.61 Å². The summed E-state index contributed by atoms with van der Waals surface area (Å²) in [5, 5.41) is 0. The summed E-state index contributed by atoms with van der Waals surface area (Å²) in [6.07, 6.45) is 6.03. The highest BCUT2D eigenvalue weighted by molar-refractivity contribution is 4.98. The lowest BCUT2D eigenvalue weighted by Gasteiger charge is -2.02. The fourth-order valence-corrected chi connectivity index (χ4v) is 1.68. The Morgan fingerprint density at radius 2 is 2.33 bits per heavy atom. The summed E-state index contributed by atoms with van der Waals surface area (Å²) in [5.74, 6) is 0. The van der Waals surface area contributed by atoms with E-state index < -0.39 is 0 Å². The van der Waals surface area contributed by atoms with E-state index in [1.807, 2.05) is 0 Å². The molecule has 1 heteroatoms. The molecule has 1 aliphatic carbocycles. The van der Waals surface area contributed by atoms with Crippen LogP contribution in [-0.2, 0) is 4.74 Å². The van der Waals surface area contributed by atoms with Gasteiger partial charge in [0.25, 0.3) is 0 Å². The van der Waals surface area contributed by atoms with Crippen molar-refractivity contribution < 1.29 is 4.74 Å². The fraction of sp³-hybridized carbons (Fsp3) is 1.00. The highest BCUT2D eigenvalue weighted by Crippen LogP contribution is 2.54. The summed E-state index contributed by atoms with van der Waals surface area (Å²) < 4.78 is 5.58. The van der Waals surface area contributed by atoms with Gasteiger partial charge >= 0.3 is 0 Å². The number of ether oxygens (including phenoxy) is 1. The molecule has 0 aromatic rings. The molecule has 1 aliphatic heterocycles. The molecule has 2 aliphatic rings. The molecule has 0 N–H and O–H groups in total. The van der Waals surface area contributed by atoms with Gasteiger partial charge in [-0.3, -0.25) is 0 Å². The van der Waals surface area contributed by atoms with Gasteiger partial charge in [-0.1, -0.05) is 6.92 Å². The Morgan fingerprint density at radius 1 is 1.56 bits per heavy atom. The van der Waals surface area contributed by atoms with E-state index in [2.05, 4.69) is 6.92 Å². The number of rotatable bonds is 1. The van der Waals surface area contributed by atoms with Crippen molar-refractivity contribution in [1.82, 2.24) is 0 Å². The smallest absolute Gasteiger partial charge is 0.0579 e. The first-order chi connectivity index (χ1) is 4.35. The number of hydrogen-bond donors (Lipinski definition) is 0. The maximum absolute atomic E-state index is 5.58. The largest absolute Gasteiger partial charge is 0.378 e. The lowest BCUT2D eigenvalue weighted by molar-refractivity contribution is 0.102. The first kappa shape index (κ1) is 5.72. The van der Waals surface area contributed by atoms with E-state index in [0.29, 0.717) is 11.5 Å². The van der Waals surface area contributed by atoms with Gasteiger partial charge in [-0.25, -0.2) is 0 Å². The molecule has 1 heterocycles. The topological polar surface area (TPSA) is 9.23 Å². The van der Waals surface area contributed by atoms with Gasteiger partial charge in [0.15, 0.2) is 0 Å². The van der Waals surface area contributed by atoms with Gasteiger partial charge in [0.05, 0.1) is 12.7 Å². The minimum absolute atomic E-state index is 0.604. The highest BCUT2D eigenvalue weighted by atomic mass is 16.5. The summed E-state index contributed by atoms with van der Waals surface area (Å²) in [7, 11) is 0. The monoisotopic (exact) mass is 126 g/mol. The second-order valence-electron chi connectivity index (χ2n) is 3.55. The molecular weight excluding hydrogens is 112 g/mol. The molecule has 1 saturated heterocycles. The highest BCUT2D eigenvalue weighted by Gasteiger charge is 2.48. The molecule has 2 fully saturated rings. The van der Waals surface area contributed by atoms with Crippen molar-refractivity contribution >= 4 is 0 Å². The van der Waals surface area contributed by atoms with E-state index in [1.54, 1.807) is 0 Å². The molecule has 0 radical (unpaired) electrons. The minimum atomic E-state index is 0.604. The van der Waals surface area contributed by atoms with Crippen LogP contribution in [0.25, 0.3) is 0 Å². The molecule has 52 valence electrons. The Morgan fingerprint density at radius 3 is 2.67 bits per heavy atom. The third kappa shape index (κ3) is 0.877. The van der Waals surface area contributed by atoms with E-state index in [1.165, 1.54) is 25.7 Å². The van der Waals surface area contributed by atoms with E-state index in [4.69, 9.17) is 4.74 Å². The van der Waals surface area contributed by atoms with Crippen LogP contribution in [-0.4, -0.2) is 12.7 Å². The van der Waals surface area contributed by atoms with Crippen molar-refractivity contribution in [1.29, 1.82) is 0 Å². The first-order valence-corrected chi connectivity index (χ1v) is 3.96. The number of hydrogen-bond acceptors (Lipinski definition) is 1. The van der Waals surface area contributed by atoms with Gasteiger partial charge in [0.1, 0.15) is 0 Å². The zero-order chi connectivity index (χ0) is 6.32. The maximum Gasteiger partial charge on any atom is 0.0579 e. The van der Waals surface area contributed by atoms with Crippen LogP contribution in [0.1, 0.15) is 32.6 Å². The van der Waals surface area contributed by atoms with Gasteiger partial charge in [0.2, 0.25) is 0 Å². The molecule has 0 aromatic carbocycles. The van der Waals surface area contributed by atoms with Gasteiger partial charge in [-0.2, -0.15) is 0 Å². The summed E-state index contributed by atoms with van der Waals surface area (Å²) >= 11 is 0. The molecule has 0 aromatic heterocycles. The fourth-order valence-electron chi connectivity index (χ4n) is 1.68. The predicted octanol–water partition coefficient (Wildman–Crippen LogP) is 1.97. The summed E-state index contributed by atoms with van der Waals surface area (Å²) in [6.45, 7) is 3.28. The molecule has 1 spiro atoms. The Labute approximate surface area is 56.4 Å². The van der Waals surface area contributed by atoms with Crippen LogP contribution >= 0.6 is 0 Å². The standard InChI is InChI=1S/C8H14O/c1-2-7-5-8(3-4-8)6-9-7/h7H,2-6H2,1H3. The molecular formula is C8H14O. The third-order valence-corrected chi connectivity index (χ3v) is 2.70. The van der Waals surface area contributed by atoms with E-state index in [-0.39, 0.29) is 0 Å². The molecule has 0 amide bonds.